The van der Waals surface area contributed by atoms with E-state index in [4.69, 9.17) is 0 Å². The summed E-state index contributed by atoms with van der Waals surface area (Å²) in [6, 6.07) is 13.6. The van der Waals surface area contributed by atoms with Crippen LogP contribution in [0.25, 0.3) is 10.8 Å². The summed E-state index contributed by atoms with van der Waals surface area (Å²) >= 11 is 0. The summed E-state index contributed by atoms with van der Waals surface area (Å²) in [7, 11) is -3.30. The van der Waals surface area contributed by atoms with Gasteiger partial charge in [-0.1, -0.05) is 42.8 Å². The van der Waals surface area contributed by atoms with Gasteiger partial charge in [0.1, 0.15) is 0 Å². The van der Waals surface area contributed by atoms with Crippen molar-refractivity contribution in [2.75, 3.05) is 12.3 Å². The Labute approximate surface area is 131 Å². The van der Waals surface area contributed by atoms with Crippen LogP contribution in [0.4, 0.5) is 0 Å². The van der Waals surface area contributed by atoms with Crippen LogP contribution in [-0.2, 0) is 10.0 Å². The topological polar surface area (TPSA) is 66.4 Å². The second-order valence-electron chi connectivity index (χ2n) is 6.05. The normalized spacial score (nSPS) is 17.3. The monoisotopic (exact) mass is 319 g/mol. The predicted octanol–water partition coefficient (Wildman–Crippen LogP) is 2.59. The Bertz CT molecular complexity index is 753. The standard InChI is InChI=1S/C17H21NO3S/c19-17(11-18-22(20,21)12-13-4-3-5-13)16-9-8-14-6-1-2-7-15(14)10-16/h1-2,6-10,13,17-19H,3-5,11-12H2. The van der Waals surface area contributed by atoms with Crippen molar-refractivity contribution < 1.29 is 13.5 Å². The summed E-state index contributed by atoms with van der Waals surface area (Å²) in [5.41, 5.74) is 0.727. The molecule has 1 atom stereocenters. The predicted molar refractivity (Wildman–Crippen MR) is 88.0 cm³/mol. The summed E-state index contributed by atoms with van der Waals surface area (Å²) in [6.45, 7) is 0.0212. The molecule has 4 nitrogen and oxygen atoms in total. The van der Waals surface area contributed by atoms with E-state index in [0.717, 1.165) is 35.6 Å². The van der Waals surface area contributed by atoms with E-state index < -0.39 is 16.1 Å². The van der Waals surface area contributed by atoms with Gasteiger partial charge in [-0.05, 0) is 41.2 Å². The van der Waals surface area contributed by atoms with Crippen LogP contribution in [-0.4, -0.2) is 25.8 Å². The lowest BCUT2D eigenvalue weighted by Crippen LogP contribution is -2.34. The highest BCUT2D eigenvalue weighted by atomic mass is 32.2. The first-order valence-electron chi connectivity index (χ1n) is 7.67. The van der Waals surface area contributed by atoms with Gasteiger partial charge in [0.15, 0.2) is 0 Å². The Morgan fingerprint density at radius 1 is 1.14 bits per heavy atom. The van der Waals surface area contributed by atoms with E-state index >= 15 is 0 Å². The highest BCUT2D eigenvalue weighted by Gasteiger charge is 2.24. The second kappa shape index (κ2) is 6.36. The lowest BCUT2D eigenvalue weighted by atomic mass is 9.87. The number of hydrogen-bond acceptors (Lipinski definition) is 3. The maximum atomic E-state index is 12.0. The molecule has 2 aromatic carbocycles. The van der Waals surface area contributed by atoms with Gasteiger partial charge in [-0.2, -0.15) is 0 Å². The fourth-order valence-corrected chi connectivity index (χ4v) is 4.25. The van der Waals surface area contributed by atoms with Crippen LogP contribution in [0, 0.1) is 5.92 Å². The summed E-state index contributed by atoms with van der Waals surface area (Å²) in [4.78, 5) is 0. The first-order chi connectivity index (χ1) is 10.5. The molecule has 2 N–H and O–H groups in total. The third-order valence-corrected chi connectivity index (χ3v) is 5.85. The Hall–Kier alpha value is -1.43. The van der Waals surface area contributed by atoms with E-state index in [1.165, 1.54) is 0 Å². The zero-order valence-corrected chi connectivity index (χ0v) is 13.2. The molecule has 0 spiro atoms. The Morgan fingerprint density at radius 2 is 1.86 bits per heavy atom. The van der Waals surface area contributed by atoms with E-state index in [1.807, 2.05) is 42.5 Å². The van der Waals surface area contributed by atoms with E-state index in [1.54, 1.807) is 0 Å². The van der Waals surface area contributed by atoms with Gasteiger partial charge in [0.05, 0.1) is 11.9 Å². The minimum absolute atomic E-state index is 0.0212. The number of aliphatic hydroxyl groups excluding tert-OH is 1. The molecule has 1 saturated carbocycles. The lowest BCUT2D eigenvalue weighted by molar-refractivity contribution is 0.182. The molecular weight excluding hydrogens is 298 g/mol. The van der Waals surface area contributed by atoms with Crippen LogP contribution >= 0.6 is 0 Å². The first kappa shape index (κ1) is 15.5. The number of benzene rings is 2. The van der Waals surface area contributed by atoms with Gasteiger partial charge in [0.2, 0.25) is 10.0 Å². The molecule has 2 aromatic rings. The fraction of sp³-hybridized carbons (Fsp3) is 0.412. The Kier molecular flexibility index (Phi) is 4.47. The van der Waals surface area contributed by atoms with E-state index in [-0.39, 0.29) is 18.2 Å². The van der Waals surface area contributed by atoms with Gasteiger partial charge >= 0.3 is 0 Å². The molecule has 1 aliphatic rings. The van der Waals surface area contributed by atoms with Crippen LogP contribution in [0.5, 0.6) is 0 Å². The number of nitrogens with one attached hydrogen (secondary N) is 1. The number of hydrogen-bond donors (Lipinski definition) is 2. The van der Waals surface area contributed by atoms with Crippen LogP contribution < -0.4 is 4.72 Å². The van der Waals surface area contributed by atoms with Crippen LogP contribution in [0.1, 0.15) is 30.9 Å². The Morgan fingerprint density at radius 3 is 2.55 bits per heavy atom. The number of rotatable bonds is 6. The van der Waals surface area contributed by atoms with Crippen molar-refractivity contribution in [3.05, 3.63) is 48.0 Å². The van der Waals surface area contributed by atoms with Crippen LogP contribution in [0.15, 0.2) is 42.5 Å². The minimum atomic E-state index is -3.30. The van der Waals surface area contributed by atoms with Gasteiger partial charge in [-0.3, -0.25) is 0 Å². The molecule has 0 aliphatic heterocycles. The summed E-state index contributed by atoms with van der Waals surface area (Å²) in [5.74, 6) is 0.465. The molecule has 3 rings (SSSR count). The molecule has 5 heteroatoms. The van der Waals surface area contributed by atoms with Crippen molar-refractivity contribution in [2.24, 2.45) is 5.92 Å². The number of aliphatic hydroxyl groups is 1. The number of sulfonamides is 1. The minimum Gasteiger partial charge on any atom is -0.387 e. The maximum Gasteiger partial charge on any atom is 0.211 e. The largest absolute Gasteiger partial charge is 0.387 e. The Balaban J connectivity index is 1.63. The van der Waals surface area contributed by atoms with Crippen LogP contribution in [0.3, 0.4) is 0 Å². The third kappa shape index (κ3) is 3.66. The molecule has 1 fully saturated rings. The van der Waals surface area contributed by atoms with E-state index in [9.17, 15) is 13.5 Å². The number of fused-ring (bicyclic) bond motifs is 1. The van der Waals surface area contributed by atoms with Crippen molar-refractivity contribution in [3.63, 3.8) is 0 Å². The van der Waals surface area contributed by atoms with Crippen molar-refractivity contribution >= 4 is 20.8 Å². The lowest BCUT2D eigenvalue weighted by Gasteiger charge is -2.25. The molecule has 0 aromatic heterocycles. The zero-order chi connectivity index (χ0) is 15.6. The molecule has 0 saturated heterocycles. The molecular formula is C17H21NO3S. The second-order valence-corrected chi connectivity index (χ2v) is 7.90. The van der Waals surface area contributed by atoms with Crippen molar-refractivity contribution in [1.82, 2.24) is 4.72 Å². The molecule has 0 amide bonds. The van der Waals surface area contributed by atoms with Gasteiger partial charge in [-0.25, -0.2) is 13.1 Å². The van der Waals surface area contributed by atoms with Gasteiger partial charge in [0, 0.05) is 6.54 Å². The fourth-order valence-electron chi connectivity index (χ4n) is 2.77. The SMILES string of the molecule is O=S(=O)(CC1CCC1)NCC(O)c1ccc2ccccc2c1. The van der Waals surface area contributed by atoms with E-state index in [2.05, 4.69) is 4.72 Å². The summed E-state index contributed by atoms with van der Waals surface area (Å²) in [5, 5.41) is 12.4. The third-order valence-electron chi connectivity index (χ3n) is 4.33. The summed E-state index contributed by atoms with van der Waals surface area (Å²) in [6.07, 6.45) is 2.28. The highest BCUT2D eigenvalue weighted by molar-refractivity contribution is 7.89. The van der Waals surface area contributed by atoms with Gasteiger partial charge in [-0.15, -0.1) is 0 Å². The maximum absolute atomic E-state index is 12.0. The molecule has 0 bridgehead atoms. The van der Waals surface area contributed by atoms with Crippen molar-refractivity contribution in [1.29, 1.82) is 0 Å². The average molecular weight is 319 g/mol. The van der Waals surface area contributed by atoms with Crippen molar-refractivity contribution in [2.45, 2.75) is 25.4 Å². The zero-order valence-electron chi connectivity index (χ0n) is 12.4. The smallest absolute Gasteiger partial charge is 0.211 e. The van der Waals surface area contributed by atoms with Gasteiger partial charge < -0.3 is 5.11 Å². The first-order valence-corrected chi connectivity index (χ1v) is 9.33. The average Bonchev–Trinajstić information content (AvgIpc) is 2.48. The van der Waals surface area contributed by atoms with Gasteiger partial charge in [0.25, 0.3) is 0 Å². The van der Waals surface area contributed by atoms with E-state index in [0.29, 0.717) is 0 Å². The summed E-state index contributed by atoms with van der Waals surface area (Å²) < 4.78 is 26.4. The molecule has 22 heavy (non-hydrogen) atoms. The quantitative estimate of drug-likeness (QED) is 0.860. The molecule has 1 unspecified atom stereocenters. The molecule has 1 aliphatic carbocycles. The molecule has 0 heterocycles. The molecule has 0 radical (unpaired) electrons. The highest BCUT2D eigenvalue weighted by Crippen LogP contribution is 2.27. The molecule has 118 valence electrons. The van der Waals surface area contributed by atoms with Crippen molar-refractivity contribution in [3.8, 4) is 0 Å². The van der Waals surface area contributed by atoms with Crippen LogP contribution in [0.2, 0.25) is 0 Å².